The number of phenolic OH excluding ortho intramolecular Hbond substituents is 2. The predicted octanol–water partition coefficient (Wildman–Crippen LogP) is 4.79. The normalized spacial score (nSPS) is 15.6. The van der Waals surface area contributed by atoms with E-state index in [1.165, 1.54) is 42.5 Å². The van der Waals surface area contributed by atoms with Gasteiger partial charge in [0.1, 0.15) is 26.2 Å². The Morgan fingerprint density at radius 1 is 0.492 bits per heavy atom. The predicted molar refractivity (Wildman–Crippen MR) is 227 cm³/mol. The maximum absolute atomic E-state index is 13.5. The Morgan fingerprint density at radius 2 is 1.02 bits per heavy atom. The average Bonchev–Trinajstić information content (AvgIpc) is 3.19. The summed E-state index contributed by atoms with van der Waals surface area (Å²) in [6, 6.07) is 21.8. The Balaban J connectivity index is 1.14. The topological polar surface area (TPSA) is 353 Å². The Bertz CT molecular complexity index is 3420. The molecule has 0 aromatic heterocycles. The highest BCUT2D eigenvalue weighted by atomic mass is 32.2. The highest BCUT2D eigenvalue weighted by Gasteiger charge is 2.38. The summed E-state index contributed by atoms with van der Waals surface area (Å²) in [5, 5.41) is 32.3. The molecular formula is C38H27N5O16S4. The number of benzene rings is 5. The molecule has 21 nitrogen and oxygen atoms in total. The van der Waals surface area contributed by atoms with Gasteiger partial charge in [-0.3, -0.25) is 38.7 Å². The van der Waals surface area contributed by atoms with Gasteiger partial charge in [0.2, 0.25) is 11.6 Å². The number of aromatic hydroxyl groups is 2. The second-order valence-corrected chi connectivity index (χ2v) is 19.0. The summed E-state index contributed by atoms with van der Waals surface area (Å²) in [6.07, 6.45) is 1.54. The maximum Gasteiger partial charge on any atom is 0.296 e. The molecular weight excluding hydrogens is 911 g/mol. The number of ketones is 2. The van der Waals surface area contributed by atoms with Crippen molar-refractivity contribution in [2.45, 2.75) is 9.79 Å². The van der Waals surface area contributed by atoms with E-state index in [1.807, 2.05) is 6.07 Å². The quantitative estimate of drug-likeness (QED) is 0.0488. The largest absolute Gasteiger partial charge is 0.506 e. The fraction of sp³-hybridized carbons (Fsp3) is 0. The van der Waals surface area contributed by atoms with E-state index in [2.05, 4.69) is 26.4 Å². The van der Waals surface area contributed by atoms with E-state index in [4.69, 9.17) is 0 Å². The fourth-order valence-electron chi connectivity index (χ4n) is 6.31. The number of fused-ring (bicyclic) bond motifs is 2. The molecule has 0 saturated heterocycles. The van der Waals surface area contributed by atoms with Crippen LogP contribution in [0.2, 0.25) is 0 Å². The molecule has 0 aliphatic heterocycles. The minimum absolute atomic E-state index is 0.0689. The number of carbonyl (C=O) groups is 2. The van der Waals surface area contributed by atoms with E-state index in [0.29, 0.717) is 17.8 Å². The molecule has 2 aliphatic carbocycles. The van der Waals surface area contributed by atoms with Crippen molar-refractivity contribution in [2.24, 2.45) is 10.2 Å². The Labute approximate surface area is 356 Å². The molecule has 5 aromatic rings. The van der Waals surface area contributed by atoms with Gasteiger partial charge >= 0.3 is 0 Å². The summed E-state index contributed by atoms with van der Waals surface area (Å²) in [6.45, 7) is 0. The van der Waals surface area contributed by atoms with Crippen molar-refractivity contribution in [3.8, 4) is 22.6 Å². The van der Waals surface area contributed by atoms with Crippen LogP contribution in [0, 0.1) is 0 Å². The van der Waals surface area contributed by atoms with Gasteiger partial charge in [0.25, 0.3) is 40.5 Å². The SMILES string of the molecule is O=C1/C(=N\Nc2ccc(-c3ccc(N/N=C4\C(=O)c5c(cc(S(=O)(=O)O)cc5S(=O)(=O)O)C=C4S(=O)(=O)O)c(O)c3)cc2O)C(S(=O)(=O)O)=Cc2cc(Nc3ccccc3)ccc21. The second-order valence-electron chi connectivity index (χ2n) is 13.4. The first-order valence-corrected chi connectivity index (χ1v) is 23.1. The molecule has 0 heterocycles. The fourth-order valence-corrected chi connectivity index (χ4v) is 8.99. The van der Waals surface area contributed by atoms with E-state index in [-0.39, 0.29) is 39.7 Å². The molecule has 0 spiro atoms. The number of nitrogens with one attached hydrogen (secondary N) is 3. The molecule has 63 heavy (non-hydrogen) atoms. The summed E-state index contributed by atoms with van der Waals surface area (Å²) in [5.74, 6) is -3.51. The van der Waals surface area contributed by atoms with Gasteiger partial charge in [-0.05, 0) is 101 Å². The molecule has 0 unspecified atom stereocenters. The zero-order valence-electron chi connectivity index (χ0n) is 31.2. The van der Waals surface area contributed by atoms with Crippen molar-refractivity contribution in [1.29, 1.82) is 0 Å². The van der Waals surface area contributed by atoms with Crippen molar-refractivity contribution >= 4 is 98.4 Å². The summed E-state index contributed by atoms with van der Waals surface area (Å²) in [4.78, 5) is 22.4. The van der Waals surface area contributed by atoms with Crippen LogP contribution in [0.3, 0.4) is 0 Å². The van der Waals surface area contributed by atoms with Crippen LogP contribution in [-0.2, 0) is 40.5 Å². The van der Waals surface area contributed by atoms with E-state index in [0.717, 1.165) is 17.8 Å². The average molecular weight is 938 g/mol. The van der Waals surface area contributed by atoms with Crippen LogP contribution in [0.1, 0.15) is 31.8 Å². The first-order valence-electron chi connectivity index (χ1n) is 17.3. The zero-order chi connectivity index (χ0) is 45.8. The minimum Gasteiger partial charge on any atom is -0.506 e. The second kappa shape index (κ2) is 16.0. The molecule has 0 fully saturated rings. The van der Waals surface area contributed by atoms with Gasteiger partial charge in [-0.15, -0.1) is 0 Å². The van der Waals surface area contributed by atoms with Gasteiger partial charge in [0.15, 0.2) is 11.4 Å². The zero-order valence-corrected chi connectivity index (χ0v) is 34.5. The van der Waals surface area contributed by atoms with Crippen LogP contribution in [0.15, 0.2) is 127 Å². The highest BCUT2D eigenvalue weighted by molar-refractivity contribution is 7.91. The smallest absolute Gasteiger partial charge is 0.296 e. The van der Waals surface area contributed by atoms with Crippen LogP contribution < -0.4 is 16.2 Å². The van der Waals surface area contributed by atoms with Crippen LogP contribution in [0.4, 0.5) is 22.7 Å². The Hall–Kier alpha value is -7.10. The number of allylic oxidation sites excluding steroid dienone is 2. The third-order valence-electron chi connectivity index (χ3n) is 9.20. The molecule has 9 N–H and O–H groups in total. The van der Waals surface area contributed by atoms with Gasteiger partial charge in [-0.25, -0.2) is 0 Å². The molecule has 0 bridgehead atoms. The van der Waals surface area contributed by atoms with Crippen LogP contribution >= 0.6 is 0 Å². The van der Waals surface area contributed by atoms with Gasteiger partial charge in [0.05, 0.1) is 21.8 Å². The number of carbonyl (C=O) groups excluding carboxylic acids is 2. The first kappa shape index (κ1) is 44.0. The maximum atomic E-state index is 13.5. The van der Waals surface area contributed by atoms with Crippen LogP contribution in [0.5, 0.6) is 11.5 Å². The lowest BCUT2D eigenvalue weighted by molar-refractivity contribution is 0.105. The number of anilines is 4. The molecule has 2 aliphatic rings. The molecule has 0 saturated carbocycles. The molecule has 5 aromatic carbocycles. The van der Waals surface area contributed by atoms with E-state index >= 15 is 0 Å². The Morgan fingerprint density at radius 3 is 1.51 bits per heavy atom. The van der Waals surface area contributed by atoms with Crippen molar-refractivity contribution in [3.63, 3.8) is 0 Å². The summed E-state index contributed by atoms with van der Waals surface area (Å²) in [7, 11) is -21.0. The molecule has 0 radical (unpaired) electrons. The molecule has 324 valence electrons. The highest BCUT2D eigenvalue weighted by Crippen LogP contribution is 2.37. The third kappa shape index (κ3) is 9.10. The lowest BCUT2D eigenvalue weighted by Gasteiger charge is -2.19. The number of para-hydroxylation sites is 1. The van der Waals surface area contributed by atoms with Crippen molar-refractivity contribution in [2.75, 3.05) is 16.2 Å². The van der Waals surface area contributed by atoms with Gasteiger partial charge in [0, 0.05) is 16.9 Å². The van der Waals surface area contributed by atoms with Gasteiger partial charge < -0.3 is 15.5 Å². The molecule has 0 atom stereocenters. The summed E-state index contributed by atoms with van der Waals surface area (Å²) in [5.41, 5.74) is 2.57. The van der Waals surface area contributed by atoms with Crippen molar-refractivity contribution in [1.82, 2.24) is 0 Å². The number of nitrogens with zero attached hydrogens (tertiary/aromatic N) is 2. The van der Waals surface area contributed by atoms with Crippen LogP contribution in [-0.4, -0.2) is 85.1 Å². The van der Waals surface area contributed by atoms with E-state index in [9.17, 15) is 71.7 Å². The van der Waals surface area contributed by atoms with E-state index < -0.39 is 106 Å². The standard InChI is InChI=1S/C38H27N5O16S4/c44-29-14-19(6-10-27(29)40-42-35-32(62(54,55)56)16-21-12-24(8-9-26(21)37(35)46)39-23-4-2-1-3-5-23)20-7-11-28(30(45)15-20)41-43-36-33(63(57,58)59)17-22-13-25(60(48,49)50)18-31(61(51,52)53)34(22)38(36)47/h1-18,39-41,44-45H,(H,48,49,50)(H,51,52,53)(H,54,55,56)(H,57,58,59)/b42-35-,43-36-. The lowest BCUT2D eigenvalue weighted by Crippen LogP contribution is -2.29. The van der Waals surface area contributed by atoms with Gasteiger partial charge in [-0.1, -0.05) is 30.3 Å². The number of hydrazone groups is 2. The molecule has 0 amide bonds. The minimum atomic E-state index is -5.41. The third-order valence-corrected chi connectivity index (χ3v) is 12.6. The van der Waals surface area contributed by atoms with Gasteiger partial charge in [-0.2, -0.15) is 43.9 Å². The van der Waals surface area contributed by atoms with Crippen LogP contribution in [0.25, 0.3) is 23.3 Å². The van der Waals surface area contributed by atoms with Crippen molar-refractivity contribution < 1.29 is 71.7 Å². The van der Waals surface area contributed by atoms with Crippen molar-refractivity contribution in [3.05, 3.63) is 129 Å². The Kier molecular flexibility index (Phi) is 11.2. The number of hydrogen-bond acceptors (Lipinski definition) is 17. The summed E-state index contributed by atoms with van der Waals surface area (Å²) < 4.78 is 136. The number of Topliss-reactive ketones (excluding diaryl/α,β-unsaturated/α-hetero) is 2. The lowest BCUT2D eigenvalue weighted by atomic mass is 9.94. The number of hydrogen-bond donors (Lipinski definition) is 9. The molecule has 25 heteroatoms. The van der Waals surface area contributed by atoms with E-state index in [1.54, 1.807) is 30.3 Å². The summed E-state index contributed by atoms with van der Waals surface area (Å²) >= 11 is 0. The molecule has 7 rings (SSSR count). The first-order chi connectivity index (χ1) is 29.4. The number of rotatable bonds is 11. The number of phenols is 2. The monoisotopic (exact) mass is 937 g/mol.